The third-order valence-corrected chi connectivity index (χ3v) is 2.68. The van der Waals surface area contributed by atoms with Crippen molar-refractivity contribution >= 4 is 5.97 Å². The molecule has 0 radical (unpaired) electrons. The number of hydrogen-bond donors (Lipinski definition) is 0. The zero-order valence-corrected chi connectivity index (χ0v) is 12.9. The summed E-state index contributed by atoms with van der Waals surface area (Å²) in [7, 11) is 1.32. The average molecular weight is 302 g/mol. The molecule has 1 rings (SSSR count). The first-order valence-electron chi connectivity index (χ1n) is 7.06. The van der Waals surface area contributed by atoms with Crippen LogP contribution in [0.5, 0.6) is 0 Å². The van der Waals surface area contributed by atoms with Gasteiger partial charge in [0.05, 0.1) is 20.3 Å². The van der Waals surface area contributed by atoms with E-state index in [4.69, 9.17) is 9.47 Å². The monoisotopic (exact) mass is 302 g/mol. The molecule has 0 fully saturated rings. The number of hydrogen-bond acceptors (Lipinski definition) is 4. The molecule has 4 nitrogen and oxygen atoms in total. The zero-order valence-electron chi connectivity index (χ0n) is 12.9. The SMILES string of the molecule is C=CCC=C(OC/C=C\COCc1ccccc1)C(=O)OC. The molecule has 0 aliphatic rings. The van der Waals surface area contributed by atoms with Crippen molar-refractivity contribution < 1.29 is 19.0 Å². The molecule has 0 aliphatic carbocycles. The molecule has 22 heavy (non-hydrogen) atoms. The second kappa shape index (κ2) is 11.3. The minimum Gasteiger partial charge on any atom is -0.483 e. The summed E-state index contributed by atoms with van der Waals surface area (Å²) in [5.74, 6) is -0.298. The highest BCUT2D eigenvalue weighted by Crippen LogP contribution is 2.03. The molecule has 0 unspecified atom stereocenters. The van der Waals surface area contributed by atoms with Crippen LogP contribution in [0.25, 0.3) is 0 Å². The summed E-state index contributed by atoms with van der Waals surface area (Å²) in [6.45, 7) is 4.93. The van der Waals surface area contributed by atoms with Crippen LogP contribution < -0.4 is 0 Å². The number of allylic oxidation sites excluding steroid dienone is 2. The maximum absolute atomic E-state index is 11.4. The van der Waals surface area contributed by atoms with Crippen molar-refractivity contribution in [1.82, 2.24) is 0 Å². The predicted octanol–water partition coefficient (Wildman–Crippen LogP) is 3.41. The molecular weight excluding hydrogens is 280 g/mol. The molecule has 4 heteroatoms. The Morgan fingerprint density at radius 3 is 2.59 bits per heavy atom. The Hall–Kier alpha value is -2.33. The van der Waals surface area contributed by atoms with E-state index in [1.165, 1.54) is 7.11 Å². The molecule has 0 saturated carbocycles. The summed E-state index contributed by atoms with van der Waals surface area (Å²) in [5.41, 5.74) is 1.13. The summed E-state index contributed by atoms with van der Waals surface area (Å²) in [6.07, 6.45) is 7.52. The first-order valence-corrected chi connectivity index (χ1v) is 7.06. The van der Waals surface area contributed by atoms with Gasteiger partial charge in [0, 0.05) is 0 Å². The van der Waals surface area contributed by atoms with Gasteiger partial charge in [0.1, 0.15) is 6.61 Å². The standard InChI is InChI=1S/C18H22O4/c1-3-4-12-17(18(19)20-2)22-14-9-8-13-21-15-16-10-6-5-7-11-16/h3,5-12H,1,4,13-15H2,2H3/b9-8-,17-12?. The summed E-state index contributed by atoms with van der Waals surface area (Å²) in [4.78, 5) is 11.4. The van der Waals surface area contributed by atoms with Crippen LogP contribution >= 0.6 is 0 Å². The van der Waals surface area contributed by atoms with Crippen LogP contribution in [0.3, 0.4) is 0 Å². The highest BCUT2D eigenvalue weighted by atomic mass is 16.6. The summed E-state index contributed by atoms with van der Waals surface area (Å²) in [6, 6.07) is 9.96. The Morgan fingerprint density at radius 2 is 1.91 bits per heavy atom. The lowest BCUT2D eigenvalue weighted by molar-refractivity contribution is -0.139. The fraction of sp³-hybridized carbons (Fsp3) is 0.278. The number of carbonyl (C=O) groups excluding carboxylic acids is 1. The molecule has 1 aromatic carbocycles. The van der Waals surface area contributed by atoms with Gasteiger partial charge in [-0.1, -0.05) is 42.5 Å². The number of methoxy groups -OCH3 is 1. The lowest BCUT2D eigenvalue weighted by Gasteiger charge is -2.06. The van der Waals surface area contributed by atoms with E-state index >= 15 is 0 Å². The Bertz CT molecular complexity index is 503. The van der Waals surface area contributed by atoms with E-state index in [0.29, 0.717) is 19.6 Å². The Kier molecular flexibility index (Phi) is 9.14. The van der Waals surface area contributed by atoms with Crippen molar-refractivity contribution in [2.75, 3.05) is 20.3 Å². The smallest absolute Gasteiger partial charge is 0.372 e. The van der Waals surface area contributed by atoms with Crippen LogP contribution in [0.4, 0.5) is 0 Å². The molecule has 0 atom stereocenters. The third-order valence-electron chi connectivity index (χ3n) is 2.68. The highest BCUT2D eigenvalue weighted by molar-refractivity contribution is 5.86. The van der Waals surface area contributed by atoms with Crippen LogP contribution in [-0.2, 0) is 25.6 Å². The van der Waals surface area contributed by atoms with Gasteiger partial charge in [-0.25, -0.2) is 4.79 Å². The molecule has 0 aliphatic heterocycles. The van der Waals surface area contributed by atoms with E-state index in [9.17, 15) is 4.79 Å². The third kappa shape index (κ3) is 7.45. The molecule has 0 saturated heterocycles. The van der Waals surface area contributed by atoms with E-state index < -0.39 is 5.97 Å². The minimum atomic E-state index is -0.490. The van der Waals surface area contributed by atoms with Crippen molar-refractivity contribution in [2.45, 2.75) is 13.0 Å². The molecule has 0 bridgehead atoms. The van der Waals surface area contributed by atoms with Crippen LogP contribution in [0.1, 0.15) is 12.0 Å². The predicted molar refractivity (Wildman–Crippen MR) is 86.1 cm³/mol. The van der Waals surface area contributed by atoms with Crippen LogP contribution in [-0.4, -0.2) is 26.3 Å². The quantitative estimate of drug-likeness (QED) is 0.218. The summed E-state index contributed by atoms with van der Waals surface area (Å²) >= 11 is 0. The van der Waals surface area contributed by atoms with Gasteiger partial charge in [-0.15, -0.1) is 6.58 Å². The van der Waals surface area contributed by atoms with Crippen molar-refractivity contribution in [3.05, 3.63) is 72.5 Å². The topological polar surface area (TPSA) is 44.8 Å². The highest BCUT2D eigenvalue weighted by Gasteiger charge is 2.09. The Morgan fingerprint density at radius 1 is 1.18 bits per heavy atom. The van der Waals surface area contributed by atoms with Gasteiger partial charge in [0.25, 0.3) is 0 Å². The van der Waals surface area contributed by atoms with E-state index in [0.717, 1.165) is 5.56 Å². The summed E-state index contributed by atoms with van der Waals surface area (Å²) < 4.78 is 15.5. The number of benzene rings is 1. The molecule has 0 spiro atoms. The summed E-state index contributed by atoms with van der Waals surface area (Å²) in [5, 5.41) is 0. The maximum Gasteiger partial charge on any atom is 0.372 e. The maximum atomic E-state index is 11.4. The zero-order chi connectivity index (χ0) is 16.0. The second-order valence-corrected chi connectivity index (χ2v) is 4.37. The Labute approximate surface area is 131 Å². The van der Waals surface area contributed by atoms with Crippen molar-refractivity contribution in [2.24, 2.45) is 0 Å². The molecule has 0 aromatic heterocycles. The normalized spacial score (nSPS) is 11.4. The van der Waals surface area contributed by atoms with Crippen LogP contribution in [0, 0.1) is 0 Å². The Balaban J connectivity index is 2.24. The van der Waals surface area contributed by atoms with E-state index in [2.05, 4.69) is 11.3 Å². The largest absolute Gasteiger partial charge is 0.483 e. The first kappa shape index (κ1) is 17.7. The molecular formula is C18H22O4. The van der Waals surface area contributed by atoms with Gasteiger partial charge in [-0.2, -0.15) is 0 Å². The second-order valence-electron chi connectivity index (χ2n) is 4.37. The number of rotatable bonds is 10. The van der Waals surface area contributed by atoms with Crippen molar-refractivity contribution in [3.63, 3.8) is 0 Å². The fourth-order valence-electron chi connectivity index (χ4n) is 1.59. The minimum absolute atomic E-state index is 0.192. The molecule has 0 amide bonds. The number of carbonyl (C=O) groups is 1. The van der Waals surface area contributed by atoms with Gasteiger partial charge in [0.2, 0.25) is 5.76 Å². The molecule has 118 valence electrons. The van der Waals surface area contributed by atoms with Gasteiger partial charge in [0.15, 0.2) is 0 Å². The van der Waals surface area contributed by atoms with Gasteiger partial charge in [-0.05, 0) is 24.1 Å². The van der Waals surface area contributed by atoms with Crippen molar-refractivity contribution in [3.8, 4) is 0 Å². The van der Waals surface area contributed by atoms with Crippen molar-refractivity contribution in [1.29, 1.82) is 0 Å². The van der Waals surface area contributed by atoms with Gasteiger partial charge >= 0.3 is 5.97 Å². The molecule has 1 aromatic rings. The molecule has 0 N–H and O–H groups in total. The van der Waals surface area contributed by atoms with E-state index in [1.54, 1.807) is 18.2 Å². The fourth-order valence-corrected chi connectivity index (χ4v) is 1.59. The average Bonchev–Trinajstić information content (AvgIpc) is 2.57. The number of ether oxygens (including phenoxy) is 3. The lowest BCUT2D eigenvalue weighted by atomic mass is 10.2. The van der Waals surface area contributed by atoms with Gasteiger partial charge < -0.3 is 14.2 Å². The van der Waals surface area contributed by atoms with E-state index in [-0.39, 0.29) is 12.4 Å². The van der Waals surface area contributed by atoms with Gasteiger partial charge in [-0.3, -0.25) is 0 Å². The lowest BCUT2D eigenvalue weighted by Crippen LogP contribution is -2.08. The van der Waals surface area contributed by atoms with E-state index in [1.807, 2.05) is 36.4 Å². The number of esters is 1. The van der Waals surface area contributed by atoms with Crippen LogP contribution in [0.2, 0.25) is 0 Å². The first-order chi connectivity index (χ1) is 10.8. The van der Waals surface area contributed by atoms with Crippen LogP contribution in [0.15, 0.2) is 67.0 Å². The molecule has 0 heterocycles.